The Morgan fingerprint density at radius 3 is 2.93 bits per heavy atom. The second-order valence-electron chi connectivity index (χ2n) is 3.50. The minimum absolute atomic E-state index is 0.135. The molecular formula is C8H11N3O3. The molecule has 2 N–H and O–H groups in total. The van der Waals surface area contributed by atoms with Crippen molar-refractivity contribution in [2.75, 3.05) is 13.1 Å². The van der Waals surface area contributed by atoms with E-state index in [0.717, 1.165) is 13.1 Å². The van der Waals surface area contributed by atoms with Crippen molar-refractivity contribution < 1.29 is 14.4 Å². The monoisotopic (exact) mass is 197 g/mol. The Morgan fingerprint density at radius 1 is 1.64 bits per heavy atom. The molecule has 1 aliphatic rings. The first-order chi connectivity index (χ1) is 6.68. The van der Waals surface area contributed by atoms with Gasteiger partial charge < -0.3 is 14.9 Å². The Balaban J connectivity index is 2.20. The fourth-order valence-corrected chi connectivity index (χ4v) is 1.61. The summed E-state index contributed by atoms with van der Waals surface area (Å²) >= 11 is 0. The van der Waals surface area contributed by atoms with Crippen LogP contribution >= 0.6 is 0 Å². The number of hydrogen-bond donors (Lipinski definition) is 2. The van der Waals surface area contributed by atoms with Crippen molar-refractivity contribution in [1.29, 1.82) is 0 Å². The number of carbonyl (C=O) groups is 1. The molecule has 2 unspecified atom stereocenters. The minimum atomic E-state index is -1.15. The highest BCUT2D eigenvalue weighted by Crippen LogP contribution is 2.25. The molecule has 0 bridgehead atoms. The molecular weight excluding hydrogens is 186 g/mol. The second kappa shape index (κ2) is 3.38. The molecule has 0 saturated carbocycles. The molecule has 1 fully saturated rings. The number of carboxylic acid groups (broad SMARTS) is 1. The Morgan fingerprint density at radius 2 is 2.43 bits per heavy atom. The van der Waals surface area contributed by atoms with E-state index in [1.807, 2.05) is 0 Å². The molecule has 14 heavy (non-hydrogen) atoms. The van der Waals surface area contributed by atoms with Crippen molar-refractivity contribution in [1.82, 2.24) is 15.5 Å². The van der Waals surface area contributed by atoms with Gasteiger partial charge in [0.15, 0.2) is 0 Å². The first kappa shape index (κ1) is 9.14. The van der Waals surface area contributed by atoms with Gasteiger partial charge in [0.25, 0.3) is 5.82 Å². The summed E-state index contributed by atoms with van der Waals surface area (Å²) in [5, 5.41) is 15.2. The van der Waals surface area contributed by atoms with Gasteiger partial charge in [-0.05, 0) is 17.6 Å². The van der Waals surface area contributed by atoms with Crippen molar-refractivity contribution in [2.24, 2.45) is 5.92 Å². The topological polar surface area (TPSA) is 88.2 Å². The number of aromatic nitrogens is 2. The van der Waals surface area contributed by atoms with Crippen molar-refractivity contribution in [3.8, 4) is 0 Å². The van der Waals surface area contributed by atoms with Crippen LogP contribution in [0.15, 0.2) is 4.52 Å². The van der Waals surface area contributed by atoms with Crippen LogP contribution < -0.4 is 5.32 Å². The molecule has 2 atom stereocenters. The highest BCUT2D eigenvalue weighted by atomic mass is 16.5. The van der Waals surface area contributed by atoms with Crippen molar-refractivity contribution in [2.45, 2.75) is 12.8 Å². The maximum atomic E-state index is 10.5. The maximum absolute atomic E-state index is 10.5. The summed E-state index contributed by atoms with van der Waals surface area (Å²) in [6, 6.07) is 0. The Hall–Kier alpha value is -1.43. The van der Waals surface area contributed by atoms with E-state index in [1.54, 1.807) is 0 Å². The van der Waals surface area contributed by atoms with E-state index >= 15 is 0 Å². The molecule has 2 heterocycles. The number of rotatable bonds is 2. The molecule has 1 aliphatic heterocycles. The van der Waals surface area contributed by atoms with E-state index in [4.69, 9.17) is 9.63 Å². The third-order valence-electron chi connectivity index (χ3n) is 2.47. The summed E-state index contributed by atoms with van der Waals surface area (Å²) < 4.78 is 4.90. The fourth-order valence-electron chi connectivity index (χ4n) is 1.61. The molecule has 2 rings (SSSR count). The number of hydrogen-bond acceptors (Lipinski definition) is 5. The molecule has 76 valence electrons. The van der Waals surface area contributed by atoms with Gasteiger partial charge in [-0.15, -0.1) is 0 Å². The number of nitrogens with zero attached hydrogens (tertiary/aromatic N) is 2. The van der Waals surface area contributed by atoms with Crippen molar-refractivity contribution >= 4 is 5.97 Å². The zero-order chi connectivity index (χ0) is 10.1. The van der Waals surface area contributed by atoms with Crippen LogP contribution in [0.3, 0.4) is 0 Å². The summed E-state index contributed by atoms with van der Waals surface area (Å²) in [7, 11) is 0. The summed E-state index contributed by atoms with van der Waals surface area (Å²) in [6.45, 7) is 3.73. The van der Waals surface area contributed by atoms with Crippen molar-refractivity contribution in [3.05, 3.63) is 11.7 Å². The Bertz CT molecular complexity index is 349. The first-order valence-electron chi connectivity index (χ1n) is 4.46. The predicted octanol–water partition coefficient (Wildman–Crippen LogP) is 0.0907. The summed E-state index contributed by atoms with van der Waals surface area (Å²) in [5.74, 6) is -0.467. The lowest BCUT2D eigenvalue weighted by atomic mass is 9.98. The van der Waals surface area contributed by atoms with E-state index < -0.39 is 5.97 Å². The molecule has 1 aromatic rings. The minimum Gasteiger partial charge on any atom is -0.475 e. The third kappa shape index (κ3) is 1.48. The second-order valence-corrected chi connectivity index (χ2v) is 3.50. The standard InChI is InChI=1S/C8H11N3O3/c1-4-2-9-3-5(4)7-10-6(8(12)13)11-14-7/h4-5,9H,2-3H2,1H3,(H,12,13). The van der Waals surface area contributed by atoms with E-state index in [2.05, 4.69) is 22.4 Å². The number of nitrogens with one attached hydrogen (secondary N) is 1. The fraction of sp³-hybridized carbons (Fsp3) is 0.625. The number of carboxylic acids is 1. The zero-order valence-corrected chi connectivity index (χ0v) is 7.73. The van der Waals surface area contributed by atoms with Crippen LogP contribution in [0, 0.1) is 5.92 Å². The van der Waals surface area contributed by atoms with Crippen LogP contribution in [0.2, 0.25) is 0 Å². The van der Waals surface area contributed by atoms with Gasteiger partial charge in [-0.3, -0.25) is 0 Å². The largest absolute Gasteiger partial charge is 0.475 e. The van der Waals surface area contributed by atoms with E-state index in [9.17, 15) is 4.79 Å². The molecule has 0 amide bonds. The van der Waals surface area contributed by atoms with Gasteiger partial charge in [0.05, 0.1) is 5.92 Å². The zero-order valence-electron chi connectivity index (χ0n) is 7.73. The van der Waals surface area contributed by atoms with E-state index in [0.29, 0.717) is 11.8 Å². The van der Waals surface area contributed by atoms with Gasteiger partial charge in [-0.25, -0.2) is 4.79 Å². The summed E-state index contributed by atoms with van der Waals surface area (Å²) in [6.07, 6.45) is 0. The van der Waals surface area contributed by atoms with Crippen molar-refractivity contribution in [3.63, 3.8) is 0 Å². The van der Waals surface area contributed by atoms with Crippen LogP contribution in [-0.2, 0) is 0 Å². The third-order valence-corrected chi connectivity index (χ3v) is 2.47. The number of aromatic carboxylic acids is 1. The van der Waals surface area contributed by atoms with Gasteiger partial charge in [0.1, 0.15) is 0 Å². The smallest absolute Gasteiger partial charge is 0.377 e. The van der Waals surface area contributed by atoms with Gasteiger partial charge >= 0.3 is 5.97 Å². The van der Waals surface area contributed by atoms with Crippen LogP contribution in [0.1, 0.15) is 29.4 Å². The molecule has 1 aromatic heterocycles. The summed E-state index contributed by atoms with van der Waals surface area (Å²) in [5.41, 5.74) is 0. The average Bonchev–Trinajstić information content (AvgIpc) is 2.71. The lowest BCUT2D eigenvalue weighted by Gasteiger charge is -2.06. The van der Waals surface area contributed by atoms with Gasteiger partial charge in [0, 0.05) is 6.54 Å². The normalized spacial score (nSPS) is 26.6. The van der Waals surface area contributed by atoms with Gasteiger partial charge in [0.2, 0.25) is 5.89 Å². The molecule has 0 radical (unpaired) electrons. The highest BCUT2D eigenvalue weighted by Gasteiger charge is 2.30. The molecule has 6 heteroatoms. The van der Waals surface area contributed by atoms with E-state index in [1.165, 1.54) is 0 Å². The lowest BCUT2D eigenvalue weighted by molar-refractivity contribution is 0.0680. The first-order valence-corrected chi connectivity index (χ1v) is 4.46. The van der Waals surface area contributed by atoms with Crippen LogP contribution in [-0.4, -0.2) is 34.3 Å². The molecule has 6 nitrogen and oxygen atoms in total. The Kier molecular flexibility index (Phi) is 2.20. The average molecular weight is 197 g/mol. The quantitative estimate of drug-likeness (QED) is 0.698. The van der Waals surface area contributed by atoms with Crippen LogP contribution in [0.25, 0.3) is 0 Å². The van der Waals surface area contributed by atoms with Crippen LogP contribution in [0.4, 0.5) is 0 Å². The van der Waals surface area contributed by atoms with E-state index in [-0.39, 0.29) is 11.7 Å². The molecule has 0 aliphatic carbocycles. The maximum Gasteiger partial charge on any atom is 0.377 e. The van der Waals surface area contributed by atoms with Gasteiger partial charge in [-0.1, -0.05) is 6.92 Å². The summed E-state index contributed by atoms with van der Waals surface area (Å²) in [4.78, 5) is 14.3. The molecule has 0 spiro atoms. The molecule has 0 aromatic carbocycles. The molecule has 1 saturated heterocycles. The SMILES string of the molecule is CC1CNCC1c1nc(C(=O)O)no1. The lowest BCUT2D eigenvalue weighted by Crippen LogP contribution is -2.09. The van der Waals surface area contributed by atoms with Crippen LogP contribution in [0.5, 0.6) is 0 Å². The predicted molar refractivity (Wildman–Crippen MR) is 46.0 cm³/mol. The van der Waals surface area contributed by atoms with Gasteiger partial charge in [-0.2, -0.15) is 4.98 Å². The highest BCUT2D eigenvalue weighted by molar-refractivity contribution is 5.82. The Labute approximate surface area is 80.3 Å².